The highest BCUT2D eigenvalue weighted by molar-refractivity contribution is 5.89. The molecule has 1 atom stereocenters. The van der Waals surface area contributed by atoms with Crippen LogP contribution in [0, 0.1) is 0 Å². The van der Waals surface area contributed by atoms with Crippen LogP contribution in [-0.4, -0.2) is 45.7 Å². The molecule has 0 spiro atoms. The van der Waals surface area contributed by atoms with E-state index in [4.69, 9.17) is 9.15 Å². The average Bonchev–Trinajstić information content (AvgIpc) is 3.30. The van der Waals surface area contributed by atoms with Crippen LogP contribution in [0.15, 0.2) is 34.9 Å². The number of fused-ring (bicyclic) bond motifs is 1. The van der Waals surface area contributed by atoms with Crippen molar-refractivity contribution >= 4 is 16.8 Å². The van der Waals surface area contributed by atoms with Crippen LogP contribution >= 0.6 is 0 Å². The highest BCUT2D eigenvalue weighted by atomic mass is 16.5. The summed E-state index contributed by atoms with van der Waals surface area (Å²) < 4.78 is 11.3. The number of hydrogen-bond donors (Lipinski definition) is 1. The summed E-state index contributed by atoms with van der Waals surface area (Å²) in [4.78, 5) is 18.0. The Bertz CT molecular complexity index is 914. The maximum atomic E-state index is 13.0. The molecule has 4 rings (SSSR count). The van der Waals surface area contributed by atoms with E-state index in [0.29, 0.717) is 38.0 Å². The van der Waals surface area contributed by atoms with Crippen molar-refractivity contribution in [1.29, 1.82) is 0 Å². The first kappa shape index (κ1) is 16.8. The average molecular weight is 354 g/mol. The number of benzene rings is 1. The van der Waals surface area contributed by atoms with Crippen molar-refractivity contribution in [2.24, 2.45) is 0 Å². The molecule has 3 heterocycles. The van der Waals surface area contributed by atoms with E-state index in [9.17, 15) is 4.79 Å². The molecule has 0 radical (unpaired) electrons. The zero-order valence-corrected chi connectivity index (χ0v) is 14.9. The molecule has 0 aliphatic carbocycles. The maximum absolute atomic E-state index is 13.0. The van der Waals surface area contributed by atoms with E-state index in [0.717, 1.165) is 16.5 Å². The smallest absolute Gasteiger partial charge is 0.241 e. The molecule has 1 saturated heterocycles. The van der Waals surface area contributed by atoms with Crippen LogP contribution in [0.5, 0.6) is 0 Å². The molecular weight excluding hydrogens is 332 g/mol. The van der Waals surface area contributed by atoms with Crippen molar-refractivity contribution in [2.75, 3.05) is 19.8 Å². The Morgan fingerprint density at radius 1 is 1.35 bits per heavy atom. The number of aromatic amines is 1. The maximum Gasteiger partial charge on any atom is 0.241 e. The third-order valence-corrected chi connectivity index (χ3v) is 4.70. The molecule has 7 heteroatoms. The molecule has 2 aromatic heterocycles. The van der Waals surface area contributed by atoms with Crippen LogP contribution in [0.2, 0.25) is 0 Å². The number of rotatable bonds is 4. The third kappa shape index (κ3) is 3.10. The topological polar surface area (TPSA) is 84.3 Å². The lowest BCUT2D eigenvalue weighted by Crippen LogP contribution is -2.44. The minimum absolute atomic E-state index is 0.0346. The number of nitrogens with one attached hydrogen (secondary N) is 1. The summed E-state index contributed by atoms with van der Waals surface area (Å²) in [5.41, 5.74) is 2.02. The van der Waals surface area contributed by atoms with E-state index in [1.54, 1.807) is 4.90 Å². The van der Waals surface area contributed by atoms with Crippen LogP contribution in [0.25, 0.3) is 10.9 Å². The summed E-state index contributed by atoms with van der Waals surface area (Å²) in [6, 6.07) is 7.66. The van der Waals surface area contributed by atoms with Crippen molar-refractivity contribution < 1.29 is 13.9 Å². The standard InChI is InChI=1S/C19H22N4O3/c1-12(2)18-21-22-19(26-18)16-11-25-8-7-23(16)17(24)9-13-10-20-15-6-4-3-5-14(13)15/h3-6,10,12,16,20H,7-9,11H2,1-2H3/t16-/m0/s1. The van der Waals surface area contributed by atoms with Crippen LogP contribution in [-0.2, 0) is 16.0 Å². The van der Waals surface area contributed by atoms with Gasteiger partial charge in [0.1, 0.15) is 6.04 Å². The van der Waals surface area contributed by atoms with Crippen LogP contribution in [0.1, 0.15) is 43.2 Å². The zero-order valence-electron chi connectivity index (χ0n) is 14.9. The predicted octanol–water partition coefficient (Wildman–Crippen LogP) is 2.82. The summed E-state index contributed by atoms with van der Waals surface area (Å²) in [5.74, 6) is 1.21. The number of aromatic nitrogens is 3. The lowest BCUT2D eigenvalue weighted by molar-refractivity contribution is -0.140. The Morgan fingerprint density at radius 2 is 2.19 bits per heavy atom. The summed E-state index contributed by atoms with van der Waals surface area (Å²) in [6.45, 7) is 5.40. The van der Waals surface area contributed by atoms with Gasteiger partial charge in [0, 0.05) is 29.6 Å². The lowest BCUT2D eigenvalue weighted by Gasteiger charge is -2.33. The first-order valence-electron chi connectivity index (χ1n) is 8.89. The SMILES string of the molecule is CC(C)c1nnc([C@@H]2COCCN2C(=O)Cc2c[nH]c3ccccc23)o1. The number of ether oxygens (including phenoxy) is 1. The van der Waals surface area contributed by atoms with Gasteiger partial charge in [-0.15, -0.1) is 10.2 Å². The lowest BCUT2D eigenvalue weighted by atomic mass is 10.1. The zero-order chi connectivity index (χ0) is 18.1. The number of carbonyl (C=O) groups excluding carboxylic acids is 1. The molecule has 136 valence electrons. The molecule has 1 aromatic carbocycles. The molecule has 0 saturated carbocycles. The van der Waals surface area contributed by atoms with Crippen LogP contribution in [0.3, 0.4) is 0 Å². The Morgan fingerprint density at radius 3 is 3.00 bits per heavy atom. The van der Waals surface area contributed by atoms with Gasteiger partial charge in [0.25, 0.3) is 0 Å². The molecule has 0 bridgehead atoms. The summed E-state index contributed by atoms with van der Waals surface area (Å²) in [7, 11) is 0. The van der Waals surface area contributed by atoms with Crippen molar-refractivity contribution in [3.63, 3.8) is 0 Å². The highest BCUT2D eigenvalue weighted by Crippen LogP contribution is 2.27. The summed E-state index contributed by atoms with van der Waals surface area (Å²) in [6.07, 6.45) is 2.23. The van der Waals surface area contributed by atoms with Gasteiger partial charge in [-0.05, 0) is 11.6 Å². The Balaban J connectivity index is 1.56. The van der Waals surface area contributed by atoms with E-state index in [1.165, 1.54) is 0 Å². The van der Waals surface area contributed by atoms with Crippen molar-refractivity contribution in [3.05, 3.63) is 47.8 Å². The number of morpholine rings is 1. The Hall–Kier alpha value is -2.67. The van der Waals surface area contributed by atoms with E-state index in [2.05, 4.69) is 15.2 Å². The second-order valence-corrected chi connectivity index (χ2v) is 6.85. The molecule has 26 heavy (non-hydrogen) atoms. The molecule has 1 N–H and O–H groups in total. The third-order valence-electron chi connectivity index (χ3n) is 4.70. The minimum Gasteiger partial charge on any atom is -0.423 e. The van der Waals surface area contributed by atoms with E-state index < -0.39 is 0 Å². The van der Waals surface area contributed by atoms with Crippen molar-refractivity contribution in [3.8, 4) is 0 Å². The van der Waals surface area contributed by atoms with E-state index in [-0.39, 0.29) is 17.9 Å². The van der Waals surface area contributed by atoms with Crippen LogP contribution in [0.4, 0.5) is 0 Å². The highest BCUT2D eigenvalue weighted by Gasteiger charge is 2.33. The molecule has 3 aromatic rings. The van der Waals surface area contributed by atoms with Gasteiger partial charge in [-0.2, -0.15) is 0 Å². The molecule has 1 aliphatic rings. The largest absolute Gasteiger partial charge is 0.423 e. The number of hydrogen-bond acceptors (Lipinski definition) is 5. The van der Waals surface area contributed by atoms with Crippen molar-refractivity contribution in [1.82, 2.24) is 20.1 Å². The number of H-pyrrole nitrogens is 1. The molecule has 0 unspecified atom stereocenters. The quantitative estimate of drug-likeness (QED) is 0.779. The number of nitrogens with zero attached hydrogens (tertiary/aromatic N) is 3. The number of carbonyl (C=O) groups is 1. The second kappa shape index (κ2) is 6.92. The van der Waals surface area contributed by atoms with Gasteiger partial charge in [0.15, 0.2) is 0 Å². The predicted molar refractivity (Wildman–Crippen MR) is 95.7 cm³/mol. The van der Waals surface area contributed by atoms with Crippen LogP contribution < -0.4 is 0 Å². The fourth-order valence-electron chi connectivity index (χ4n) is 3.26. The minimum atomic E-state index is -0.332. The Kier molecular flexibility index (Phi) is 4.46. The van der Waals surface area contributed by atoms with Crippen molar-refractivity contribution in [2.45, 2.75) is 32.2 Å². The summed E-state index contributed by atoms with van der Waals surface area (Å²) in [5, 5.41) is 9.30. The van der Waals surface area contributed by atoms with E-state index in [1.807, 2.05) is 44.3 Å². The number of para-hydroxylation sites is 1. The van der Waals surface area contributed by atoms with Gasteiger partial charge in [0.05, 0.1) is 19.6 Å². The monoisotopic (exact) mass is 354 g/mol. The first-order valence-corrected chi connectivity index (χ1v) is 8.89. The van der Waals surface area contributed by atoms with Gasteiger partial charge in [-0.3, -0.25) is 4.79 Å². The summed E-state index contributed by atoms with van der Waals surface area (Å²) >= 11 is 0. The first-order chi connectivity index (χ1) is 12.6. The van der Waals surface area contributed by atoms with E-state index >= 15 is 0 Å². The fourth-order valence-corrected chi connectivity index (χ4v) is 3.26. The van der Waals surface area contributed by atoms with Gasteiger partial charge in [-0.1, -0.05) is 32.0 Å². The molecular formula is C19H22N4O3. The molecule has 1 amide bonds. The van der Waals surface area contributed by atoms with Gasteiger partial charge in [-0.25, -0.2) is 0 Å². The molecule has 1 fully saturated rings. The Labute approximate surface area is 151 Å². The number of amides is 1. The van der Waals surface area contributed by atoms with Gasteiger partial charge in [0.2, 0.25) is 17.7 Å². The van der Waals surface area contributed by atoms with Gasteiger partial charge >= 0.3 is 0 Å². The molecule has 7 nitrogen and oxygen atoms in total. The second-order valence-electron chi connectivity index (χ2n) is 6.85. The fraction of sp³-hybridized carbons (Fsp3) is 0.421. The van der Waals surface area contributed by atoms with Gasteiger partial charge < -0.3 is 19.0 Å². The molecule has 1 aliphatic heterocycles. The normalized spacial score (nSPS) is 18.0.